The quantitative estimate of drug-likeness (QED) is 0.854. The molecule has 2 rings (SSSR count). The van der Waals surface area contributed by atoms with Gasteiger partial charge in [0.05, 0.1) is 11.4 Å². The highest BCUT2D eigenvalue weighted by Gasteiger charge is 2.25. The number of hydrogen-bond donors (Lipinski definition) is 1. The number of benzene rings is 1. The van der Waals surface area contributed by atoms with E-state index in [1.165, 1.54) is 31.3 Å². The van der Waals surface area contributed by atoms with Gasteiger partial charge in [-0.25, -0.2) is 8.42 Å². The lowest BCUT2D eigenvalue weighted by atomic mass is 10.3. The van der Waals surface area contributed by atoms with Crippen LogP contribution in [0.2, 0.25) is 5.02 Å². The van der Waals surface area contributed by atoms with Crippen LogP contribution in [0.15, 0.2) is 29.2 Å². The number of nitrogens with zero attached hydrogens (tertiary/aromatic N) is 2. The zero-order chi connectivity index (χ0) is 15.5. The predicted molar refractivity (Wildman–Crippen MR) is 88.0 cm³/mol. The van der Waals surface area contributed by atoms with E-state index in [0.29, 0.717) is 18.1 Å². The number of piperazine rings is 1. The minimum absolute atomic E-state index is 0. The Kier molecular flexibility index (Phi) is 7.08. The zero-order valence-corrected chi connectivity index (χ0v) is 14.5. The number of carbonyl (C=O) groups is 1. The lowest BCUT2D eigenvalue weighted by Gasteiger charge is -2.29. The number of halogens is 2. The Morgan fingerprint density at radius 1 is 1.27 bits per heavy atom. The molecule has 1 amide bonds. The number of hydrogen-bond acceptors (Lipinski definition) is 4. The van der Waals surface area contributed by atoms with Crippen LogP contribution in [0.25, 0.3) is 0 Å². The Balaban J connectivity index is 0.00000242. The van der Waals surface area contributed by atoms with Gasteiger partial charge in [-0.1, -0.05) is 11.6 Å². The van der Waals surface area contributed by atoms with Gasteiger partial charge in [-0.15, -0.1) is 12.4 Å². The fourth-order valence-corrected chi connectivity index (χ4v) is 3.32. The van der Waals surface area contributed by atoms with Crippen molar-refractivity contribution in [3.63, 3.8) is 0 Å². The van der Waals surface area contributed by atoms with Crippen molar-refractivity contribution in [1.82, 2.24) is 14.5 Å². The topological polar surface area (TPSA) is 69.7 Å². The number of sulfonamides is 1. The minimum atomic E-state index is -3.68. The van der Waals surface area contributed by atoms with Crippen LogP contribution >= 0.6 is 24.0 Å². The summed E-state index contributed by atoms with van der Waals surface area (Å²) in [6.45, 7) is 2.52. The summed E-state index contributed by atoms with van der Waals surface area (Å²) in [6, 6.07) is 5.90. The predicted octanol–water partition coefficient (Wildman–Crippen LogP) is 0.814. The van der Waals surface area contributed by atoms with Crippen molar-refractivity contribution in [2.45, 2.75) is 4.90 Å². The summed E-state index contributed by atoms with van der Waals surface area (Å²) in [5.74, 6) is -0.184. The van der Waals surface area contributed by atoms with Crippen molar-refractivity contribution < 1.29 is 13.2 Å². The largest absolute Gasteiger partial charge is 0.339 e. The van der Waals surface area contributed by atoms with E-state index in [1.54, 1.807) is 4.90 Å². The molecule has 9 heteroatoms. The summed E-state index contributed by atoms with van der Waals surface area (Å²) in [5.41, 5.74) is 0. The van der Waals surface area contributed by atoms with Crippen LogP contribution in [0.5, 0.6) is 0 Å². The molecule has 124 valence electrons. The Labute approximate surface area is 141 Å². The molecule has 0 spiro atoms. The van der Waals surface area contributed by atoms with Crippen LogP contribution in [0.4, 0.5) is 0 Å². The summed E-state index contributed by atoms with van der Waals surface area (Å²) in [7, 11) is -2.27. The molecule has 0 atom stereocenters. The highest BCUT2D eigenvalue weighted by molar-refractivity contribution is 7.89. The summed E-state index contributed by atoms with van der Waals surface area (Å²) < 4.78 is 25.8. The maximum Gasteiger partial charge on any atom is 0.243 e. The van der Waals surface area contributed by atoms with Gasteiger partial charge in [0, 0.05) is 38.2 Å². The van der Waals surface area contributed by atoms with Crippen molar-refractivity contribution in [3.8, 4) is 0 Å². The maximum atomic E-state index is 12.4. The van der Waals surface area contributed by atoms with Gasteiger partial charge in [-0.05, 0) is 24.3 Å². The molecule has 0 bridgehead atoms. The monoisotopic (exact) mass is 367 g/mol. The van der Waals surface area contributed by atoms with Gasteiger partial charge in [-0.2, -0.15) is 4.31 Å². The van der Waals surface area contributed by atoms with Gasteiger partial charge in [-0.3, -0.25) is 4.79 Å². The van der Waals surface area contributed by atoms with Gasteiger partial charge in [0.15, 0.2) is 0 Å². The van der Waals surface area contributed by atoms with Crippen molar-refractivity contribution in [3.05, 3.63) is 29.3 Å². The lowest BCUT2D eigenvalue weighted by Crippen LogP contribution is -2.49. The first kappa shape index (κ1) is 19.2. The normalized spacial score (nSPS) is 15.5. The first-order valence-electron chi connectivity index (χ1n) is 6.61. The zero-order valence-electron chi connectivity index (χ0n) is 12.2. The van der Waals surface area contributed by atoms with Crippen LogP contribution in [0.3, 0.4) is 0 Å². The fourth-order valence-electron chi connectivity index (χ4n) is 2.08. The highest BCUT2D eigenvalue weighted by atomic mass is 35.5. The summed E-state index contributed by atoms with van der Waals surface area (Å²) in [5, 5.41) is 3.61. The number of nitrogens with one attached hydrogen (secondary N) is 1. The lowest BCUT2D eigenvalue weighted by molar-refractivity contribution is -0.131. The smallest absolute Gasteiger partial charge is 0.243 e. The molecule has 0 radical (unpaired) electrons. The standard InChI is InChI=1S/C13H18ClN3O3S.ClH/c1-16(10-13(18)17-8-6-15-7-9-17)21(19,20)12-4-2-11(14)3-5-12;/h2-5,15H,6-10H2,1H3;1H. The molecule has 0 aromatic heterocycles. The second kappa shape index (κ2) is 8.12. The first-order valence-corrected chi connectivity index (χ1v) is 8.43. The molecule has 0 unspecified atom stereocenters. The van der Waals surface area contributed by atoms with E-state index in [1.807, 2.05) is 0 Å². The summed E-state index contributed by atoms with van der Waals surface area (Å²) in [4.78, 5) is 13.9. The molecule has 1 fully saturated rings. The molecule has 0 saturated carbocycles. The molecule has 1 aliphatic rings. The van der Waals surface area contributed by atoms with E-state index in [2.05, 4.69) is 5.32 Å². The second-order valence-corrected chi connectivity index (χ2v) is 7.33. The highest BCUT2D eigenvalue weighted by Crippen LogP contribution is 2.17. The molecule has 1 saturated heterocycles. The van der Waals surface area contributed by atoms with Crippen LogP contribution < -0.4 is 5.32 Å². The molecular formula is C13H19Cl2N3O3S. The molecule has 0 aliphatic carbocycles. The maximum absolute atomic E-state index is 12.4. The molecular weight excluding hydrogens is 349 g/mol. The van der Waals surface area contributed by atoms with Crippen molar-refractivity contribution in [2.75, 3.05) is 39.8 Å². The number of likely N-dealkylation sites (N-methyl/N-ethyl adjacent to an activating group) is 1. The third kappa shape index (κ3) is 4.57. The molecule has 1 heterocycles. The Bertz CT molecular complexity index is 601. The van der Waals surface area contributed by atoms with Crippen LogP contribution in [0.1, 0.15) is 0 Å². The number of carbonyl (C=O) groups excluding carboxylic acids is 1. The van der Waals surface area contributed by atoms with Gasteiger partial charge in [0.2, 0.25) is 15.9 Å². The van der Waals surface area contributed by atoms with Crippen molar-refractivity contribution >= 4 is 39.9 Å². The van der Waals surface area contributed by atoms with Gasteiger partial charge >= 0.3 is 0 Å². The number of rotatable bonds is 4. The third-order valence-electron chi connectivity index (χ3n) is 3.35. The van der Waals surface area contributed by atoms with Crippen LogP contribution in [0, 0.1) is 0 Å². The molecule has 22 heavy (non-hydrogen) atoms. The Morgan fingerprint density at radius 3 is 2.36 bits per heavy atom. The molecule has 6 nitrogen and oxygen atoms in total. The number of amides is 1. The summed E-state index contributed by atoms with van der Waals surface area (Å²) >= 11 is 5.75. The van der Waals surface area contributed by atoms with E-state index < -0.39 is 10.0 Å². The van der Waals surface area contributed by atoms with Gasteiger partial charge < -0.3 is 10.2 Å². The fraction of sp³-hybridized carbons (Fsp3) is 0.462. The summed E-state index contributed by atoms with van der Waals surface area (Å²) in [6.07, 6.45) is 0. The van der Waals surface area contributed by atoms with E-state index in [-0.39, 0.29) is 29.8 Å². The average Bonchev–Trinajstić information content (AvgIpc) is 2.48. The first-order chi connectivity index (χ1) is 9.91. The SMILES string of the molecule is CN(CC(=O)N1CCNCC1)S(=O)(=O)c1ccc(Cl)cc1.Cl. The van der Waals surface area contributed by atoms with Crippen molar-refractivity contribution in [2.24, 2.45) is 0 Å². The Hall–Kier alpha value is -0.860. The van der Waals surface area contributed by atoms with E-state index in [9.17, 15) is 13.2 Å². The van der Waals surface area contributed by atoms with Crippen LogP contribution in [-0.4, -0.2) is 63.3 Å². The molecule has 1 aromatic carbocycles. The van der Waals surface area contributed by atoms with Gasteiger partial charge in [0.25, 0.3) is 0 Å². The second-order valence-electron chi connectivity index (χ2n) is 4.85. The van der Waals surface area contributed by atoms with E-state index in [4.69, 9.17) is 11.6 Å². The molecule has 1 N–H and O–H groups in total. The minimum Gasteiger partial charge on any atom is -0.339 e. The molecule has 1 aromatic rings. The average molecular weight is 368 g/mol. The van der Waals surface area contributed by atoms with E-state index in [0.717, 1.165) is 17.4 Å². The van der Waals surface area contributed by atoms with Crippen LogP contribution in [-0.2, 0) is 14.8 Å². The third-order valence-corrected chi connectivity index (χ3v) is 5.42. The molecule has 1 aliphatic heterocycles. The van der Waals surface area contributed by atoms with Gasteiger partial charge in [0.1, 0.15) is 0 Å². The van der Waals surface area contributed by atoms with Crippen molar-refractivity contribution in [1.29, 1.82) is 0 Å². The Morgan fingerprint density at radius 2 is 1.82 bits per heavy atom. The van der Waals surface area contributed by atoms with E-state index >= 15 is 0 Å².